The molecule has 10 heavy (non-hydrogen) atoms. The van der Waals surface area contributed by atoms with Gasteiger partial charge < -0.3 is 5.73 Å². The van der Waals surface area contributed by atoms with Crippen LogP contribution >= 0.6 is 22.6 Å². The summed E-state index contributed by atoms with van der Waals surface area (Å²) < 4.78 is 0.313. The SMILES string of the molecule is CC1=CC([C@H](N)I)CCC1. The van der Waals surface area contributed by atoms with Crippen LogP contribution in [-0.4, -0.2) is 4.05 Å². The lowest BCUT2D eigenvalue weighted by atomic mass is 9.91. The zero-order valence-electron chi connectivity index (χ0n) is 6.31. The third-order valence-corrected chi connectivity index (χ3v) is 2.94. The second kappa shape index (κ2) is 3.72. The maximum Gasteiger partial charge on any atom is 0.0632 e. The Morgan fingerprint density at radius 1 is 1.80 bits per heavy atom. The van der Waals surface area contributed by atoms with Crippen LogP contribution in [0.3, 0.4) is 0 Å². The van der Waals surface area contributed by atoms with Crippen LogP contribution < -0.4 is 5.73 Å². The minimum Gasteiger partial charge on any atom is -0.319 e. The molecular weight excluding hydrogens is 237 g/mol. The van der Waals surface area contributed by atoms with E-state index in [9.17, 15) is 0 Å². The van der Waals surface area contributed by atoms with Crippen molar-refractivity contribution in [2.75, 3.05) is 0 Å². The first kappa shape index (κ1) is 8.53. The zero-order chi connectivity index (χ0) is 7.56. The molecule has 1 aliphatic carbocycles. The summed E-state index contributed by atoms with van der Waals surface area (Å²) in [6.45, 7) is 2.20. The van der Waals surface area contributed by atoms with E-state index in [1.807, 2.05) is 0 Å². The minimum absolute atomic E-state index is 0.313. The Morgan fingerprint density at radius 3 is 2.90 bits per heavy atom. The molecule has 0 radical (unpaired) electrons. The molecule has 0 aromatic heterocycles. The molecule has 0 amide bonds. The van der Waals surface area contributed by atoms with Gasteiger partial charge in [0.15, 0.2) is 0 Å². The third-order valence-electron chi connectivity index (χ3n) is 2.02. The second-order valence-electron chi connectivity index (χ2n) is 3.01. The van der Waals surface area contributed by atoms with Crippen molar-refractivity contribution >= 4 is 22.6 Å². The van der Waals surface area contributed by atoms with Crippen molar-refractivity contribution in [1.29, 1.82) is 0 Å². The van der Waals surface area contributed by atoms with Gasteiger partial charge in [0.25, 0.3) is 0 Å². The molecule has 1 nitrogen and oxygen atoms in total. The summed E-state index contributed by atoms with van der Waals surface area (Å²) in [4.78, 5) is 0. The monoisotopic (exact) mass is 251 g/mol. The summed E-state index contributed by atoms with van der Waals surface area (Å²) in [6, 6.07) is 0. The van der Waals surface area contributed by atoms with E-state index in [1.165, 1.54) is 24.8 Å². The van der Waals surface area contributed by atoms with Crippen LogP contribution in [0.1, 0.15) is 26.2 Å². The predicted octanol–water partition coefficient (Wildman–Crippen LogP) is 2.45. The van der Waals surface area contributed by atoms with E-state index in [4.69, 9.17) is 5.73 Å². The van der Waals surface area contributed by atoms with Crippen molar-refractivity contribution < 1.29 is 0 Å². The summed E-state index contributed by atoms with van der Waals surface area (Å²) in [5.41, 5.74) is 7.29. The fourth-order valence-corrected chi connectivity index (χ4v) is 1.97. The fourth-order valence-electron chi connectivity index (χ4n) is 1.40. The molecule has 0 aromatic carbocycles. The highest BCUT2D eigenvalue weighted by Crippen LogP contribution is 2.26. The summed E-state index contributed by atoms with van der Waals surface area (Å²) >= 11 is 2.30. The van der Waals surface area contributed by atoms with Crippen LogP contribution in [0.2, 0.25) is 0 Å². The number of nitrogens with two attached hydrogens (primary N) is 1. The van der Waals surface area contributed by atoms with E-state index in [0.29, 0.717) is 9.97 Å². The lowest BCUT2D eigenvalue weighted by Gasteiger charge is -2.21. The topological polar surface area (TPSA) is 26.0 Å². The van der Waals surface area contributed by atoms with Crippen molar-refractivity contribution in [3.63, 3.8) is 0 Å². The van der Waals surface area contributed by atoms with Crippen LogP contribution in [0, 0.1) is 5.92 Å². The van der Waals surface area contributed by atoms with Gasteiger partial charge in [-0.1, -0.05) is 34.2 Å². The zero-order valence-corrected chi connectivity index (χ0v) is 8.47. The average Bonchev–Trinajstić information content (AvgIpc) is 1.88. The first-order valence-corrected chi connectivity index (χ1v) is 5.01. The summed E-state index contributed by atoms with van der Waals surface area (Å²) in [5, 5.41) is 0. The first-order chi connectivity index (χ1) is 4.70. The van der Waals surface area contributed by atoms with E-state index < -0.39 is 0 Å². The lowest BCUT2D eigenvalue weighted by Crippen LogP contribution is -2.23. The second-order valence-corrected chi connectivity index (χ2v) is 4.45. The molecule has 2 N–H and O–H groups in total. The highest BCUT2D eigenvalue weighted by molar-refractivity contribution is 14.1. The van der Waals surface area contributed by atoms with Gasteiger partial charge in [-0.3, -0.25) is 0 Å². The highest BCUT2D eigenvalue weighted by Gasteiger charge is 2.15. The van der Waals surface area contributed by atoms with E-state index in [0.717, 1.165) is 0 Å². The largest absolute Gasteiger partial charge is 0.319 e. The molecule has 0 spiro atoms. The minimum atomic E-state index is 0.313. The van der Waals surface area contributed by atoms with Crippen LogP contribution in [0.25, 0.3) is 0 Å². The lowest BCUT2D eigenvalue weighted by molar-refractivity contribution is 0.526. The Bertz CT molecular complexity index is 140. The van der Waals surface area contributed by atoms with Gasteiger partial charge in [0.05, 0.1) is 4.05 Å². The van der Waals surface area contributed by atoms with Gasteiger partial charge >= 0.3 is 0 Å². The van der Waals surface area contributed by atoms with Crippen LogP contribution in [0.5, 0.6) is 0 Å². The van der Waals surface area contributed by atoms with Crippen LogP contribution in [0.15, 0.2) is 11.6 Å². The van der Waals surface area contributed by atoms with E-state index >= 15 is 0 Å². The highest BCUT2D eigenvalue weighted by atomic mass is 127. The molecule has 0 saturated carbocycles. The van der Waals surface area contributed by atoms with Gasteiger partial charge in [0.2, 0.25) is 0 Å². The first-order valence-electron chi connectivity index (χ1n) is 3.77. The Balaban J connectivity index is 2.53. The van der Waals surface area contributed by atoms with Gasteiger partial charge in [-0.15, -0.1) is 0 Å². The van der Waals surface area contributed by atoms with Crippen molar-refractivity contribution in [3.05, 3.63) is 11.6 Å². The molecule has 0 aromatic rings. The molecule has 1 rings (SSSR count). The summed E-state index contributed by atoms with van der Waals surface area (Å²) in [6.07, 6.45) is 6.21. The number of allylic oxidation sites excluding steroid dienone is 1. The number of rotatable bonds is 1. The van der Waals surface area contributed by atoms with E-state index in [2.05, 4.69) is 35.6 Å². The third kappa shape index (κ3) is 2.23. The van der Waals surface area contributed by atoms with Crippen molar-refractivity contribution in [3.8, 4) is 0 Å². The van der Waals surface area contributed by atoms with Crippen molar-refractivity contribution in [1.82, 2.24) is 0 Å². The Labute approximate surface area is 76.2 Å². The fraction of sp³-hybridized carbons (Fsp3) is 0.750. The van der Waals surface area contributed by atoms with Gasteiger partial charge in [-0.05, 0) is 26.2 Å². The molecule has 1 unspecified atom stereocenters. The molecule has 0 bridgehead atoms. The molecule has 1 aliphatic rings. The molecular formula is C8H14IN. The van der Waals surface area contributed by atoms with Crippen LogP contribution in [-0.2, 0) is 0 Å². The number of hydrogen-bond donors (Lipinski definition) is 1. The molecule has 58 valence electrons. The summed E-state index contributed by atoms with van der Waals surface area (Å²) in [7, 11) is 0. The molecule has 0 aliphatic heterocycles. The average molecular weight is 251 g/mol. The maximum absolute atomic E-state index is 5.77. The molecule has 0 heterocycles. The Hall–Kier alpha value is 0.430. The molecule has 0 fully saturated rings. The molecule has 0 saturated heterocycles. The van der Waals surface area contributed by atoms with Crippen molar-refractivity contribution in [2.45, 2.75) is 30.2 Å². The quantitative estimate of drug-likeness (QED) is 0.329. The Morgan fingerprint density at radius 2 is 2.50 bits per heavy atom. The Kier molecular flexibility index (Phi) is 3.17. The predicted molar refractivity (Wildman–Crippen MR) is 53.1 cm³/mol. The number of halogens is 1. The van der Waals surface area contributed by atoms with Gasteiger partial charge in [0.1, 0.15) is 0 Å². The van der Waals surface area contributed by atoms with E-state index in [1.54, 1.807) is 0 Å². The van der Waals surface area contributed by atoms with Crippen LogP contribution in [0.4, 0.5) is 0 Å². The van der Waals surface area contributed by atoms with E-state index in [-0.39, 0.29) is 0 Å². The normalized spacial score (nSPS) is 29.5. The van der Waals surface area contributed by atoms with Gasteiger partial charge in [0, 0.05) is 5.92 Å². The van der Waals surface area contributed by atoms with Crippen molar-refractivity contribution in [2.24, 2.45) is 11.7 Å². The number of hydrogen-bond acceptors (Lipinski definition) is 1. The smallest absolute Gasteiger partial charge is 0.0632 e. The summed E-state index contributed by atoms with van der Waals surface area (Å²) in [5.74, 6) is 0.634. The molecule has 2 atom stereocenters. The maximum atomic E-state index is 5.77. The van der Waals surface area contributed by atoms with Gasteiger partial charge in [-0.25, -0.2) is 0 Å². The van der Waals surface area contributed by atoms with Gasteiger partial charge in [-0.2, -0.15) is 0 Å². The standard InChI is InChI=1S/C8H14IN/c1-6-3-2-4-7(5-6)8(9)10/h5,7-8H,2-4,10H2,1H3/t7?,8-/m0/s1. The number of alkyl halides is 1. The molecule has 2 heteroatoms.